The zero-order valence-corrected chi connectivity index (χ0v) is 12.4. The fourth-order valence-corrected chi connectivity index (χ4v) is 2.59. The first kappa shape index (κ1) is 12.9. The number of ether oxygens (including phenoxy) is 1. The molecule has 0 bridgehead atoms. The van der Waals surface area contributed by atoms with Gasteiger partial charge in [-0.3, -0.25) is 0 Å². The first-order valence-electron chi connectivity index (χ1n) is 5.89. The molecule has 2 rings (SSSR count). The van der Waals surface area contributed by atoms with E-state index in [9.17, 15) is 5.11 Å². The van der Waals surface area contributed by atoms with Crippen LogP contribution in [-0.4, -0.2) is 12.2 Å². The topological polar surface area (TPSA) is 29.5 Å². The van der Waals surface area contributed by atoms with E-state index in [2.05, 4.69) is 48.8 Å². The van der Waals surface area contributed by atoms with E-state index < -0.39 is 5.60 Å². The van der Waals surface area contributed by atoms with Gasteiger partial charge in [-0.15, -0.1) is 0 Å². The lowest BCUT2D eigenvalue weighted by atomic mass is 9.85. The van der Waals surface area contributed by atoms with Crippen LogP contribution in [0, 0.1) is 0 Å². The van der Waals surface area contributed by atoms with E-state index >= 15 is 0 Å². The molecule has 0 aliphatic heterocycles. The van der Waals surface area contributed by atoms with Crippen molar-refractivity contribution in [3.8, 4) is 5.75 Å². The van der Waals surface area contributed by atoms with Crippen LogP contribution in [0.3, 0.4) is 0 Å². The second-order valence-electron chi connectivity index (χ2n) is 5.82. The maximum atomic E-state index is 10.3. The van der Waals surface area contributed by atoms with Gasteiger partial charge in [-0.05, 0) is 51.9 Å². The summed E-state index contributed by atoms with van der Waals surface area (Å²) in [6.07, 6.45) is 1.65. The minimum absolute atomic E-state index is 0.0643. The molecular weight excluding hydrogens is 280 g/mol. The Kier molecular flexibility index (Phi) is 3.03. The Labute approximate surface area is 111 Å². The van der Waals surface area contributed by atoms with E-state index in [1.807, 2.05) is 0 Å². The van der Waals surface area contributed by atoms with Crippen LogP contribution >= 0.6 is 15.9 Å². The number of hydrogen-bond donors (Lipinski definition) is 1. The maximum absolute atomic E-state index is 10.3. The van der Waals surface area contributed by atoms with Crippen LogP contribution in [0.4, 0.5) is 0 Å². The maximum Gasteiger partial charge on any atom is 0.139 e. The van der Waals surface area contributed by atoms with E-state index in [-0.39, 0.29) is 5.41 Å². The molecule has 1 saturated carbocycles. The van der Waals surface area contributed by atoms with Crippen molar-refractivity contribution in [2.45, 2.75) is 44.6 Å². The van der Waals surface area contributed by atoms with Gasteiger partial charge in [0, 0.05) is 5.56 Å². The highest BCUT2D eigenvalue weighted by molar-refractivity contribution is 9.10. The second-order valence-corrected chi connectivity index (χ2v) is 6.67. The van der Waals surface area contributed by atoms with Gasteiger partial charge in [0.2, 0.25) is 0 Å². The molecule has 0 atom stereocenters. The molecule has 1 N–H and O–H groups in total. The third-order valence-corrected chi connectivity index (χ3v) is 3.93. The normalized spacial score (nSPS) is 18.0. The van der Waals surface area contributed by atoms with Gasteiger partial charge in [0.1, 0.15) is 5.75 Å². The van der Waals surface area contributed by atoms with Crippen LogP contribution in [0.2, 0.25) is 0 Å². The monoisotopic (exact) mass is 298 g/mol. The van der Waals surface area contributed by atoms with E-state index in [4.69, 9.17) is 4.74 Å². The number of rotatable bonds is 2. The summed E-state index contributed by atoms with van der Waals surface area (Å²) in [4.78, 5) is 0. The molecule has 0 unspecified atom stereocenters. The minimum atomic E-state index is -0.672. The molecular formula is C14H19BrO2. The van der Waals surface area contributed by atoms with Gasteiger partial charge >= 0.3 is 0 Å². The molecule has 2 nitrogen and oxygen atoms in total. The summed E-state index contributed by atoms with van der Waals surface area (Å²) in [5.41, 5.74) is 1.52. The van der Waals surface area contributed by atoms with E-state index in [0.717, 1.165) is 28.6 Å². The summed E-state index contributed by atoms with van der Waals surface area (Å²) in [5, 5.41) is 10.3. The molecule has 1 fully saturated rings. The van der Waals surface area contributed by atoms with Crippen molar-refractivity contribution in [2.75, 3.05) is 7.11 Å². The number of methoxy groups -OCH3 is 1. The van der Waals surface area contributed by atoms with Crippen molar-refractivity contribution >= 4 is 15.9 Å². The van der Waals surface area contributed by atoms with Crippen LogP contribution in [-0.2, 0) is 11.0 Å². The smallest absolute Gasteiger partial charge is 0.139 e. The van der Waals surface area contributed by atoms with Crippen LogP contribution in [0.15, 0.2) is 16.6 Å². The van der Waals surface area contributed by atoms with Gasteiger partial charge in [-0.25, -0.2) is 0 Å². The number of aliphatic hydroxyl groups is 1. The molecule has 0 saturated heterocycles. The second kappa shape index (κ2) is 3.99. The molecule has 0 radical (unpaired) electrons. The summed E-state index contributed by atoms with van der Waals surface area (Å²) in [5.74, 6) is 0.762. The Hall–Kier alpha value is -0.540. The predicted molar refractivity (Wildman–Crippen MR) is 72.5 cm³/mol. The molecule has 0 aromatic heterocycles. The number of hydrogen-bond acceptors (Lipinski definition) is 2. The highest BCUT2D eigenvalue weighted by atomic mass is 79.9. The van der Waals surface area contributed by atoms with Crippen LogP contribution in [0.25, 0.3) is 0 Å². The molecule has 3 heteroatoms. The van der Waals surface area contributed by atoms with Crippen LogP contribution < -0.4 is 4.74 Å². The van der Waals surface area contributed by atoms with Crippen molar-refractivity contribution < 1.29 is 9.84 Å². The Morgan fingerprint density at radius 2 is 1.88 bits per heavy atom. The molecule has 1 aliphatic rings. The van der Waals surface area contributed by atoms with Gasteiger partial charge in [0.05, 0.1) is 17.2 Å². The van der Waals surface area contributed by atoms with E-state index in [1.54, 1.807) is 7.11 Å². The van der Waals surface area contributed by atoms with Gasteiger partial charge in [-0.2, -0.15) is 0 Å². The first-order valence-corrected chi connectivity index (χ1v) is 6.68. The average molecular weight is 299 g/mol. The Balaban J connectivity index is 2.59. The third kappa shape index (κ3) is 2.36. The van der Waals surface area contributed by atoms with Crippen molar-refractivity contribution in [3.05, 3.63) is 27.7 Å². The van der Waals surface area contributed by atoms with Gasteiger partial charge < -0.3 is 9.84 Å². The lowest BCUT2D eigenvalue weighted by Crippen LogP contribution is -2.15. The molecule has 1 aromatic rings. The van der Waals surface area contributed by atoms with Crippen molar-refractivity contribution in [1.29, 1.82) is 0 Å². The molecule has 1 aromatic carbocycles. The first-order chi connectivity index (χ1) is 7.78. The average Bonchev–Trinajstić information content (AvgIpc) is 2.95. The zero-order valence-electron chi connectivity index (χ0n) is 10.8. The Bertz CT molecular complexity index is 442. The largest absolute Gasteiger partial charge is 0.495 e. The fourth-order valence-electron chi connectivity index (χ4n) is 1.97. The molecule has 17 heavy (non-hydrogen) atoms. The predicted octanol–water partition coefficient (Wildman–Crippen LogP) is 3.74. The number of benzene rings is 1. The highest BCUT2D eigenvalue weighted by Crippen LogP contribution is 2.51. The lowest BCUT2D eigenvalue weighted by Gasteiger charge is -2.23. The molecule has 0 spiro atoms. The number of halogens is 1. The summed E-state index contributed by atoms with van der Waals surface area (Å²) in [6, 6.07) is 4.16. The standard InChI is InChI=1S/C14H19BrO2/c1-13(2,3)9-7-10(14(16)5-6-14)12(17-4)11(15)8-9/h7-8,16H,5-6H2,1-4H3. The van der Waals surface area contributed by atoms with Crippen molar-refractivity contribution in [2.24, 2.45) is 0 Å². The summed E-state index contributed by atoms with van der Waals surface area (Å²) in [6.45, 7) is 6.51. The molecule has 0 amide bonds. The van der Waals surface area contributed by atoms with Crippen LogP contribution in [0.5, 0.6) is 5.75 Å². The van der Waals surface area contributed by atoms with Gasteiger partial charge in [0.25, 0.3) is 0 Å². The van der Waals surface area contributed by atoms with E-state index in [1.165, 1.54) is 5.56 Å². The lowest BCUT2D eigenvalue weighted by molar-refractivity contribution is 0.147. The van der Waals surface area contributed by atoms with Gasteiger partial charge in [0.15, 0.2) is 0 Å². The third-order valence-electron chi connectivity index (χ3n) is 3.34. The minimum Gasteiger partial charge on any atom is -0.495 e. The Morgan fingerprint density at radius 1 is 1.29 bits per heavy atom. The summed E-state index contributed by atoms with van der Waals surface area (Å²) < 4.78 is 6.32. The van der Waals surface area contributed by atoms with Crippen LogP contribution in [0.1, 0.15) is 44.7 Å². The van der Waals surface area contributed by atoms with E-state index in [0.29, 0.717) is 0 Å². The van der Waals surface area contributed by atoms with Crippen molar-refractivity contribution in [1.82, 2.24) is 0 Å². The summed E-state index contributed by atoms with van der Waals surface area (Å²) in [7, 11) is 1.64. The molecule has 1 aliphatic carbocycles. The summed E-state index contributed by atoms with van der Waals surface area (Å²) >= 11 is 3.53. The fraction of sp³-hybridized carbons (Fsp3) is 0.571. The zero-order chi connectivity index (χ0) is 12.8. The SMILES string of the molecule is COc1c(Br)cc(C(C)(C)C)cc1C1(O)CC1. The molecule has 0 heterocycles. The molecule has 94 valence electrons. The quantitative estimate of drug-likeness (QED) is 0.901. The Morgan fingerprint density at radius 3 is 2.29 bits per heavy atom. The van der Waals surface area contributed by atoms with Gasteiger partial charge in [-0.1, -0.05) is 20.8 Å². The van der Waals surface area contributed by atoms with Crippen molar-refractivity contribution in [3.63, 3.8) is 0 Å². The highest BCUT2D eigenvalue weighted by Gasteiger charge is 2.45.